The highest BCUT2D eigenvalue weighted by atomic mass is 35.5. The molecule has 6 rings (SSSR count). The second-order valence-corrected chi connectivity index (χ2v) is 11.7. The van der Waals surface area contributed by atoms with Crippen LogP contribution in [0.3, 0.4) is 0 Å². The molecule has 214 valence electrons. The minimum Gasteiger partial charge on any atom is -0.493 e. The summed E-state index contributed by atoms with van der Waals surface area (Å²) in [5.41, 5.74) is 3.42. The molecule has 11 heteroatoms. The standard InChI is InChI=1S/C30H32ClN5O4S/c1-39-25-16-19(12-13-24(25)40-17-26(38)35-14-5-2-6-15-35)28-27-22(10-7-11-23(27)37)32-29-33-30(34-36(28)29)41-18-20-8-3-4-9-21(20)31/h3-4,8-9,12-13,16,28H,2,5-7,10-11,14-15,17-18H2,1H3,(H,32,33,34). The van der Waals surface area contributed by atoms with E-state index in [1.54, 1.807) is 17.9 Å². The van der Waals surface area contributed by atoms with E-state index < -0.39 is 6.04 Å². The Labute approximate surface area is 248 Å². The fraction of sp³-hybridized carbons (Fsp3) is 0.400. The maximum Gasteiger partial charge on any atom is 0.260 e. The van der Waals surface area contributed by atoms with Crippen molar-refractivity contribution in [2.24, 2.45) is 0 Å². The van der Waals surface area contributed by atoms with Crippen molar-refractivity contribution in [2.75, 3.05) is 32.1 Å². The number of fused-ring (bicyclic) bond motifs is 1. The summed E-state index contributed by atoms with van der Waals surface area (Å²) in [5.74, 6) is 2.27. The molecule has 9 nitrogen and oxygen atoms in total. The van der Waals surface area contributed by atoms with Crippen LogP contribution in [0.15, 0.2) is 58.9 Å². The van der Waals surface area contributed by atoms with E-state index in [0.29, 0.717) is 45.4 Å². The Morgan fingerprint density at radius 3 is 2.73 bits per heavy atom. The second-order valence-electron chi connectivity index (χ2n) is 10.4. The zero-order chi connectivity index (χ0) is 28.3. The lowest BCUT2D eigenvalue weighted by molar-refractivity contribution is -0.134. The van der Waals surface area contributed by atoms with Gasteiger partial charge in [0.2, 0.25) is 11.1 Å². The van der Waals surface area contributed by atoms with E-state index >= 15 is 0 Å². The average molecular weight is 594 g/mol. The molecule has 0 saturated carbocycles. The van der Waals surface area contributed by atoms with E-state index in [1.807, 2.05) is 41.3 Å². The fourth-order valence-corrected chi connectivity index (χ4v) is 6.73. The lowest BCUT2D eigenvalue weighted by atomic mass is 9.85. The normalized spacial score (nSPS) is 18.4. The Hall–Kier alpha value is -3.50. The summed E-state index contributed by atoms with van der Waals surface area (Å²) >= 11 is 7.85. The molecule has 3 heterocycles. The number of Topliss-reactive ketones (excluding diaryl/α,β-unsaturated/α-hetero) is 1. The molecule has 0 radical (unpaired) electrons. The number of hydrogen-bond donors (Lipinski definition) is 1. The first-order valence-corrected chi connectivity index (χ1v) is 15.3. The van der Waals surface area contributed by atoms with Gasteiger partial charge < -0.3 is 19.7 Å². The van der Waals surface area contributed by atoms with Crippen LogP contribution in [0.5, 0.6) is 11.5 Å². The number of anilines is 1. The number of likely N-dealkylation sites (tertiary alicyclic amines) is 1. The van der Waals surface area contributed by atoms with Gasteiger partial charge in [-0.3, -0.25) is 9.59 Å². The number of allylic oxidation sites excluding steroid dienone is 2. The lowest BCUT2D eigenvalue weighted by Crippen LogP contribution is -2.38. The van der Waals surface area contributed by atoms with Crippen LogP contribution in [0.1, 0.15) is 55.7 Å². The number of benzene rings is 2. The zero-order valence-electron chi connectivity index (χ0n) is 22.9. The first-order chi connectivity index (χ1) is 20.0. The zero-order valence-corrected chi connectivity index (χ0v) is 24.5. The molecule has 0 bridgehead atoms. The molecule has 1 aromatic heterocycles. The number of thioether (sulfide) groups is 1. The predicted octanol–water partition coefficient (Wildman–Crippen LogP) is 5.65. The van der Waals surface area contributed by atoms with Crippen molar-refractivity contribution in [3.63, 3.8) is 0 Å². The lowest BCUT2D eigenvalue weighted by Gasteiger charge is -2.32. The minimum absolute atomic E-state index is 0.0224. The van der Waals surface area contributed by atoms with Gasteiger partial charge in [-0.15, -0.1) is 5.10 Å². The summed E-state index contributed by atoms with van der Waals surface area (Å²) < 4.78 is 13.4. The van der Waals surface area contributed by atoms with Crippen LogP contribution in [-0.2, 0) is 15.3 Å². The molecule has 1 unspecified atom stereocenters. The molecule has 2 aliphatic heterocycles. The van der Waals surface area contributed by atoms with Gasteiger partial charge in [0, 0.05) is 41.6 Å². The number of nitrogens with zero attached hydrogens (tertiary/aromatic N) is 4. The van der Waals surface area contributed by atoms with E-state index in [0.717, 1.165) is 62.0 Å². The van der Waals surface area contributed by atoms with E-state index in [1.165, 1.54) is 11.8 Å². The van der Waals surface area contributed by atoms with Crippen LogP contribution >= 0.6 is 23.4 Å². The molecule has 41 heavy (non-hydrogen) atoms. The molecule has 3 aliphatic rings. The van der Waals surface area contributed by atoms with E-state index in [-0.39, 0.29) is 18.3 Å². The number of carbonyl (C=O) groups is 2. The van der Waals surface area contributed by atoms with Crippen LogP contribution in [0, 0.1) is 0 Å². The number of aromatic nitrogens is 3. The molecule has 1 saturated heterocycles. The Kier molecular flexibility index (Phi) is 8.20. The number of hydrogen-bond acceptors (Lipinski definition) is 8. The first kappa shape index (κ1) is 27.7. The van der Waals surface area contributed by atoms with Gasteiger partial charge in [0.15, 0.2) is 23.9 Å². The van der Waals surface area contributed by atoms with E-state index in [9.17, 15) is 9.59 Å². The van der Waals surface area contributed by atoms with Gasteiger partial charge in [0.1, 0.15) is 6.04 Å². The van der Waals surface area contributed by atoms with Gasteiger partial charge >= 0.3 is 0 Å². The molecule has 1 aliphatic carbocycles. The van der Waals surface area contributed by atoms with Crippen molar-refractivity contribution in [3.05, 3.63) is 69.9 Å². The van der Waals surface area contributed by atoms with E-state index in [2.05, 4.69) is 5.32 Å². The molecule has 1 atom stereocenters. The van der Waals surface area contributed by atoms with Crippen LogP contribution < -0.4 is 14.8 Å². The van der Waals surface area contributed by atoms with Crippen LogP contribution in [0.2, 0.25) is 5.02 Å². The van der Waals surface area contributed by atoms with Crippen molar-refractivity contribution in [3.8, 4) is 11.5 Å². The van der Waals surface area contributed by atoms with Gasteiger partial charge in [-0.05, 0) is 61.4 Å². The van der Waals surface area contributed by atoms with Crippen molar-refractivity contribution < 1.29 is 19.1 Å². The SMILES string of the molecule is COc1cc(C2C3=C(CCCC3=O)Nc3nc(SCc4ccccc4Cl)nn32)ccc1OCC(=O)N1CCCCC1. The number of carbonyl (C=O) groups excluding carboxylic acids is 2. The molecular formula is C30H32ClN5O4S. The summed E-state index contributed by atoms with van der Waals surface area (Å²) in [6, 6.07) is 12.8. The topological polar surface area (TPSA) is 98.6 Å². The van der Waals surface area contributed by atoms with Gasteiger partial charge in [0.25, 0.3) is 5.91 Å². The quantitative estimate of drug-likeness (QED) is 0.335. The number of halogens is 1. The molecule has 1 fully saturated rings. The van der Waals surface area contributed by atoms with Gasteiger partial charge in [0.05, 0.1) is 7.11 Å². The van der Waals surface area contributed by atoms with Crippen molar-refractivity contribution in [1.82, 2.24) is 19.7 Å². The average Bonchev–Trinajstić information content (AvgIpc) is 3.41. The van der Waals surface area contributed by atoms with Gasteiger partial charge in [-0.1, -0.05) is 47.6 Å². The highest BCUT2D eigenvalue weighted by molar-refractivity contribution is 7.98. The Morgan fingerprint density at radius 2 is 1.93 bits per heavy atom. The minimum atomic E-state index is -0.464. The van der Waals surface area contributed by atoms with E-state index in [4.69, 9.17) is 31.2 Å². The van der Waals surface area contributed by atoms with Crippen LogP contribution in [0.4, 0.5) is 5.95 Å². The smallest absolute Gasteiger partial charge is 0.260 e. The summed E-state index contributed by atoms with van der Waals surface area (Å²) in [6.45, 7) is 1.51. The maximum atomic E-state index is 13.2. The number of piperidine rings is 1. The van der Waals surface area contributed by atoms with Crippen molar-refractivity contribution in [2.45, 2.75) is 55.5 Å². The summed E-state index contributed by atoms with van der Waals surface area (Å²) in [7, 11) is 1.57. The summed E-state index contributed by atoms with van der Waals surface area (Å²) in [6.07, 6.45) is 5.27. The Balaban J connectivity index is 1.27. The number of amides is 1. The van der Waals surface area contributed by atoms with Crippen molar-refractivity contribution >= 4 is 41.0 Å². The first-order valence-electron chi connectivity index (χ1n) is 14.0. The Bertz CT molecular complexity index is 1500. The third kappa shape index (κ3) is 5.81. The Morgan fingerprint density at radius 1 is 1.10 bits per heavy atom. The number of nitrogens with one attached hydrogen (secondary N) is 1. The third-order valence-corrected chi connectivity index (χ3v) is 8.98. The van der Waals surface area contributed by atoms with Gasteiger partial charge in [-0.25, -0.2) is 4.68 Å². The molecular weight excluding hydrogens is 562 g/mol. The second kappa shape index (κ2) is 12.2. The molecule has 0 spiro atoms. The number of ketones is 1. The number of rotatable bonds is 8. The molecule has 1 amide bonds. The summed E-state index contributed by atoms with van der Waals surface area (Å²) in [5, 5.41) is 9.49. The number of ether oxygens (including phenoxy) is 2. The van der Waals surface area contributed by atoms with Crippen molar-refractivity contribution in [1.29, 1.82) is 0 Å². The highest BCUT2D eigenvalue weighted by Gasteiger charge is 2.37. The fourth-order valence-electron chi connectivity index (χ4n) is 5.61. The van der Waals surface area contributed by atoms with Gasteiger partial charge in [-0.2, -0.15) is 4.98 Å². The predicted molar refractivity (Wildman–Crippen MR) is 158 cm³/mol. The number of methoxy groups -OCH3 is 1. The molecule has 2 aromatic carbocycles. The monoisotopic (exact) mass is 593 g/mol. The van der Waals surface area contributed by atoms with Crippen LogP contribution in [-0.4, -0.2) is 58.2 Å². The third-order valence-electron chi connectivity index (χ3n) is 7.73. The summed E-state index contributed by atoms with van der Waals surface area (Å²) in [4.78, 5) is 32.5. The maximum absolute atomic E-state index is 13.2. The van der Waals surface area contributed by atoms with Crippen LogP contribution in [0.25, 0.3) is 0 Å². The highest BCUT2D eigenvalue weighted by Crippen LogP contribution is 2.43. The molecule has 1 N–H and O–H groups in total. The largest absolute Gasteiger partial charge is 0.493 e. The molecule has 3 aromatic rings.